The average Bonchev–Trinajstić information content (AvgIpc) is 2.44. The molecule has 20 heavy (non-hydrogen) atoms. The van der Waals surface area contributed by atoms with E-state index in [1.54, 1.807) is 31.0 Å². The van der Waals surface area contributed by atoms with Crippen LogP contribution in [0.3, 0.4) is 0 Å². The van der Waals surface area contributed by atoms with Gasteiger partial charge in [-0.1, -0.05) is 0 Å². The molecule has 0 saturated carbocycles. The topological polar surface area (TPSA) is 96.6 Å². The summed E-state index contributed by atoms with van der Waals surface area (Å²) in [5, 5.41) is 21.1. The molecule has 0 spiro atoms. The van der Waals surface area contributed by atoms with Crippen LogP contribution in [-0.2, 0) is 4.79 Å². The fraction of sp³-hybridized carbons (Fsp3) is 0.231. The van der Waals surface area contributed by atoms with Crippen molar-refractivity contribution in [2.24, 2.45) is 0 Å². The van der Waals surface area contributed by atoms with Crippen LogP contribution in [0.4, 0.5) is 11.4 Å². The molecule has 0 amide bonds. The van der Waals surface area contributed by atoms with Crippen molar-refractivity contribution < 1.29 is 14.8 Å². The highest BCUT2D eigenvalue weighted by atomic mass is 16.6. The highest BCUT2D eigenvalue weighted by Crippen LogP contribution is 2.33. The van der Waals surface area contributed by atoms with Crippen molar-refractivity contribution in [2.45, 2.75) is 13.0 Å². The van der Waals surface area contributed by atoms with Crippen molar-refractivity contribution in [3.63, 3.8) is 0 Å². The van der Waals surface area contributed by atoms with Gasteiger partial charge in [0.1, 0.15) is 6.04 Å². The van der Waals surface area contributed by atoms with E-state index >= 15 is 0 Å². The van der Waals surface area contributed by atoms with Crippen molar-refractivity contribution in [2.75, 3.05) is 11.9 Å². The Kier molecular flexibility index (Phi) is 3.51. The van der Waals surface area contributed by atoms with Gasteiger partial charge in [0.05, 0.1) is 10.3 Å². The molecule has 2 aromatic rings. The van der Waals surface area contributed by atoms with Gasteiger partial charge in [0, 0.05) is 36.6 Å². The Morgan fingerprint density at radius 1 is 1.40 bits per heavy atom. The number of aliphatic carboxylic acids is 1. The van der Waals surface area contributed by atoms with Crippen LogP contribution in [0.5, 0.6) is 0 Å². The summed E-state index contributed by atoms with van der Waals surface area (Å²) in [6, 6.07) is 3.72. The summed E-state index contributed by atoms with van der Waals surface area (Å²) in [5.74, 6) is -0.970. The lowest BCUT2D eigenvalue weighted by molar-refractivity contribution is -0.383. The van der Waals surface area contributed by atoms with Gasteiger partial charge in [-0.15, -0.1) is 0 Å². The molecule has 2 rings (SSSR count). The van der Waals surface area contributed by atoms with Gasteiger partial charge in [0.2, 0.25) is 0 Å². The normalized spacial score (nSPS) is 12.1. The third-order valence-electron chi connectivity index (χ3n) is 3.29. The molecule has 1 N–H and O–H groups in total. The summed E-state index contributed by atoms with van der Waals surface area (Å²) < 4.78 is 0. The number of non-ortho nitro benzene ring substituents is 1. The maximum Gasteiger partial charge on any atom is 0.326 e. The molecule has 0 radical (unpaired) electrons. The Labute approximate surface area is 114 Å². The standard InChI is InChI=1S/C13H13N3O4/c1-8(13(17)18)15(2)11-3-4-12(16(19)20)9-5-6-14-7-10(9)11/h3-8H,1-2H3,(H,17,18). The van der Waals surface area contributed by atoms with Crippen LogP contribution in [0, 0.1) is 10.1 Å². The summed E-state index contributed by atoms with van der Waals surface area (Å²) in [7, 11) is 1.63. The summed E-state index contributed by atoms with van der Waals surface area (Å²) in [4.78, 5) is 27.1. The maximum absolute atomic E-state index is 11.1. The van der Waals surface area contributed by atoms with Crippen LogP contribution in [0.25, 0.3) is 10.8 Å². The molecule has 0 bridgehead atoms. The van der Waals surface area contributed by atoms with Crippen LogP contribution in [0.1, 0.15) is 6.92 Å². The monoisotopic (exact) mass is 275 g/mol. The number of fused-ring (bicyclic) bond motifs is 1. The molecule has 7 nitrogen and oxygen atoms in total. The number of hydrogen-bond donors (Lipinski definition) is 1. The molecule has 0 aliphatic rings. The Morgan fingerprint density at radius 2 is 2.10 bits per heavy atom. The second-order valence-electron chi connectivity index (χ2n) is 4.41. The molecular formula is C13H13N3O4. The largest absolute Gasteiger partial charge is 0.480 e. The van der Waals surface area contributed by atoms with Gasteiger partial charge in [0.15, 0.2) is 0 Å². The summed E-state index contributed by atoms with van der Waals surface area (Å²) in [5.41, 5.74) is 0.566. The maximum atomic E-state index is 11.1. The molecule has 0 fully saturated rings. The molecule has 0 saturated heterocycles. The Hall–Kier alpha value is -2.70. The first-order chi connectivity index (χ1) is 9.43. The second kappa shape index (κ2) is 5.12. The fourth-order valence-electron chi connectivity index (χ4n) is 2.00. The van der Waals surface area contributed by atoms with Gasteiger partial charge in [-0.2, -0.15) is 0 Å². The Bertz CT molecular complexity index is 686. The van der Waals surface area contributed by atoms with E-state index in [0.717, 1.165) is 0 Å². The average molecular weight is 275 g/mol. The van der Waals surface area contributed by atoms with Crippen molar-refractivity contribution in [1.29, 1.82) is 0 Å². The Balaban J connectivity index is 2.65. The number of carboxylic acid groups (broad SMARTS) is 1. The minimum Gasteiger partial charge on any atom is -0.480 e. The number of likely N-dealkylation sites (N-methyl/N-ethyl adjacent to an activating group) is 1. The van der Waals surface area contributed by atoms with Crippen LogP contribution in [0.2, 0.25) is 0 Å². The predicted octanol–water partition coefficient (Wildman–Crippen LogP) is 2.05. The predicted molar refractivity (Wildman–Crippen MR) is 73.9 cm³/mol. The van der Waals surface area contributed by atoms with Crippen molar-refractivity contribution in [3.8, 4) is 0 Å². The summed E-state index contributed by atoms with van der Waals surface area (Å²) in [6.45, 7) is 1.55. The fourth-order valence-corrected chi connectivity index (χ4v) is 2.00. The van der Waals surface area contributed by atoms with Gasteiger partial charge >= 0.3 is 5.97 Å². The number of nitrogens with zero attached hydrogens (tertiary/aromatic N) is 3. The van der Waals surface area contributed by atoms with E-state index in [9.17, 15) is 14.9 Å². The number of nitro benzene ring substituents is 1. The zero-order valence-corrected chi connectivity index (χ0v) is 11.0. The number of benzene rings is 1. The van der Waals surface area contributed by atoms with E-state index in [0.29, 0.717) is 16.5 Å². The highest BCUT2D eigenvalue weighted by molar-refractivity contribution is 6.00. The first kappa shape index (κ1) is 13.7. The molecule has 1 aromatic heterocycles. The zero-order valence-electron chi connectivity index (χ0n) is 11.0. The molecule has 104 valence electrons. The number of rotatable bonds is 4. The number of nitro groups is 1. The van der Waals surface area contributed by atoms with Gasteiger partial charge in [-0.05, 0) is 19.1 Å². The molecule has 0 aliphatic carbocycles. The number of carbonyl (C=O) groups is 1. The lowest BCUT2D eigenvalue weighted by atomic mass is 10.1. The van der Waals surface area contributed by atoms with E-state index in [1.165, 1.54) is 18.5 Å². The van der Waals surface area contributed by atoms with Gasteiger partial charge in [-0.3, -0.25) is 15.1 Å². The minimum absolute atomic E-state index is 0.0254. The molecular weight excluding hydrogens is 262 g/mol. The quantitative estimate of drug-likeness (QED) is 0.677. The van der Waals surface area contributed by atoms with Gasteiger partial charge < -0.3 is 10.0 Å². The minimum atomic E-state index is -0.970. The Morgan fingerprint density at radius 3 is 2.70 bits per heavy atom. The van der Waals surface area contributed by atoms with Crippen LogP contribution in [-0.4, -0.2) is 34.1 Å². The lowest BCUT2D eigenvalue weighted by Gasteiger charge is -2.24. The van der Waals surface area contributed by atoms with Gasteiger partial charge in [-0.25, -0.2) is 4.79 Å². The van der Waals surface area contributed by atoms with Crippen LogP contribution in [0.15, 0.2) is 30.6 Å². The van der Waals surface area contributed by atoms with Crippen LogP contribution < -0.4 is 4.90 Å². The first-order valence-electron chi connectivity index (χ1n) is 5.90. The van der Waals surface area contributed by atoms with Gasteiger partial charge in [0.25, 0.3) is 5.69 Å². The third-order valence-corrected chi connectivity index (χ3v) is 3.29. The van der Waals surface area contributed by atoms with E-state index in [-0.39, 0.29) is 5.69 Å². The van der Waals surface area contributed by atoms with Crippen LogP contribution >= 0.6 is 0 Å². The van der Waals surface area contributed by atoms with Crippen molar-refractivity contribution in [1.82, 2.24) is 4.98 Å². The molecule has 1 unspecified atom stereocenters. The summed E-state index contributed by atoms with van der Waals surface area (Å²) in [6.07, 6.45) is 2.97. The smallest absolute Gasteiger partial charge is 0.326 e. The lowest BCUT2D eigenvalue weighted by Crippen LogP contribution is -2.35. The third kappa shape index (κ3) is 2.25. The first-order valence-corrected chi connectivity index (χ1v) is 5.90. The second-order valence-corrected chi connectivity index (χ2v) is 4.41. The SMILES string of the molecule is CC(C(=O)O)N(C)c1ccc([N+](=O)[O-])c2ccncc12. The van der Waals surface area contributed by atoms with E-state index in [1.807, 2.05) is 0 Å². The highest BCUT2D eigenvalue weighted by Gasteiger charge is 2.21. The number of anilines is 1. The van der Waals surface area contributed by atoms with Crippen molar-refractivity contribution in [3.05, 3.63) is 40.7 Å². The number of aromatic nitrogens is 1. The molecule has 1 aromatic carbocycles. The van der Waals surface area contributed by atoms with E-state index < -0.39 is 16.9 Å². The zero-order chi connectivity index (χ0) is 14.9. The van der Waals surface area contributed by atoms with Crippen molar-refractivity contribution >= 4 is 28.1 Å². The van der Waals surface area contributed by atoms with E-state index in [2.05, 4.69) is 4.98 Å². The molecule has 1 atom stereocenters. The number of pyridine rings is 1. The molecule has 0 aliphatic heterocycles. The molecule has 7 heteroatoms. The molecule has 1 heterocycles. The number of carboxylic acids is 1. The number of hydrogen-bond acceptors (Lipinski definition) is 5. The van der Waals surface area contributed by atoms with E-state index in [4.69, 9.17) is 5.11 Å². The summed E-state index contributed by atoms with van der Waals surface area (Å²) >= 11 is 0.